The lowest BCUT2D eigenvalue weighted by Crippen LogP contribution is -2.37. The summed E-state index contributed by atoms with van der Waals surface area (Å²) >= 11 is 0. The van der Waals surface area contributed by atoms with Gasteiger partial charge in [0.2, 0.25) is 0 Å². The van der Waals surface area contributed by atoms with Gasteiger partial charge in [0.1, 0.15) is 6.04 Å². The molecule has 2 atom stereocenters. The van der Waals surface area contributed by atoms with Crippen LogP contribution in [0.5, 0.6) is 0 Å². The van der Waals surface area contributed by atoms with Crippen molar-refractivity contribution < 1.29 is 19.4 Å². The molecule has 0 heterocycles. The standard InChI is InChI=1S/C8H15NO4/c1-3-13-6(10)4-5(2)7(9)8(11)12/h5,7H,3-4,9H2,1-2H3,(H,11,12)/t5-,7-/m0/s1. The zero-order valence-corrected chi connectivity index (χ0v) is 7.82. The number of esters is 1. The van der Waals surface area contributed by atoms with E-state index >= 15 is 0 Å². The van der Waals surface area contributed by atoms with Crippen LogP contribution < -0.4 is 5.73 Å². The third-order valence-electron chi connectivity index (χ3n) is 1.69. The van der Waals surface area contributed by atoms with Gasteiger partial charge in [-0.05, 0) is 12.8 Å². The fraction of sp³-hybridized carbons (Fsp3) is 0.750. The first kappa shape index (κ1) is 11.9. The van der Waals surface area contributed by atoms with Gasteiger partial charge in [0.05, 0.1) is 13.0 Å². The molecule has 0 aliphatic heterocycles. The van der Waals surface area contributed by atoms with Crippen LogP contribution >= 0.6 is 0 Å². The smallest absolute Gasteiger partial charge is 0.320 e. The summed E-state index contributed by atoms with van der Waals surface area (Å²) in [6, 6.07) is -1.01. The van der Waals surface area contributed by atoms with E-state index in [0.717, 1.165) is 0 Å². The Labute approximate surface area is 76.9 Å². The lowest BCUT2D eigenvalue weighted by molar-refractivity contribution is -0.145. The highest BCUT2D eigenvalue weighted by Crippen LogP contribution is 2.07. The highest BCUT2D eigenvalue weighted by atomic mass is 16.5. The molecule has 0 saturated heterocycles. The number of nitrogens with two attached hydrogens (primary N) is 1. The van der Waals surface area contributed by atoms with Gasteiger partial charge in [-0.15, -0.1) is 0 Å². The quantitative estimate of drug-likeness (QED) is 0.593. The summed E-state index contributed by atoms with van der Waals surface area (Å²) in [7, 11) is 0. The minimum Gasteiger partial charge on any atom is -0.480 e. The second-order valence-corrected chi connectivity index (χ2v) is 2.85. The van der Waals surface area contributed by atoms with E-state index in [-0.39, 0.29) is 6.42 Å². The third-order valence-corrected chi connectivity index (χ3v) is 1.69. The number of rotatable bonds is 5. The highest BCUT2D eigenvalue weighted by molar-refractivity contribution is 5.75. The molecule has 0 radical (unpaired) electrons. The Morgan fingerprint density at radius 1 is 1.54 bits per heavy atom. The number of aliphatic carboxylic acids is 1. The van der Waals surface area contributed by atoms with E-state index in [2.05, 4.69) is 4.74 Å². The highest BCUT2D eigenvalue weighted by Gasteiger charge is 2.22. The Balaban J connectivity index is 3.92. The first-order valence-electron chi connectivity index (χ1n) is 4.13. The number of carboxylic acids is 1. The molecule has 0 unspecified atom stereocenters. The fourth-order valence-electron chi connectivity index (χ4n) is 0.853. The van der Waals surface area contributed by atoms with Crippen molar-refractivity contribution in [2.75, 3.05) is 6.61 Å². The molecule has 3 N–H and O–H groups in total. The van der Waals surface area contributed by atoms with Gasteiger partial charge >= 0.3 is 11.9 Å². The molecule has 76 valence electrons. The van der Waals surface area contributed by atoms with E-state index in [0.29, 0.717) is 6.61 Å². The summed E-state index contributed by atoms with van der Waals surface area (Å²) in [5, 5.41) is 8.52. The van der Waals surface area contributed by atoms with Gasteiger partial charge in [-0.2, -0.15) is 0 Å². The van der Waals surface area contributed by atoms with E-state index < -0.39 is 23.9 Å². The number of carbonyl (C=O) groups excluding carboxylic acids is 1. The Morgan fingerprint density at radius 2 is 2.08 bits per heavy atom. The second-order valence-electron chi connectivity index (χ2n) is 2.85. The van der Waals surface area contributed by atoms with E-state index in [1.165, 1.54) is 0 Å². The number of hydrogen-bond donors (Lipinski definition) is 2. The molecule has 13 heavy (non-hydrogen) atoms. The van der Waals surface area contributed by atoms with Crippen LogP contribution in [-0.2, 0) is 14.3 Å². The SMILES string of the molecule is CCOC(=O)C[C@H](C)[C@H](N)C(=O)O. The molecule has 0 aromatic heterocycles. The van der Waals surface area contributed by atoms with Gasteiger partial charge in [-0.25, -0.2) is 0 Å². The molecule has 0 saturated carbocycles. The molecule has 0 aromatic rings. The van der Waals surface area contributed by atoms with Crippen molar-refractivity contribution in [3.8, 4) is 0 Å². The zero-order valence-electron chi connectivity index (χ0n) is 7.82. The lowest BCUT2D eigenvalue weighted by atomic mass is 9.99. The van der Waals surface area contributed by atoms with Gasteiger partial charge in [-0.3, -0.25) is 9.59 Å². The summed E-state index contributed by atoms with van der Waals surface area (Å²) in [6.45, 7) is 3.60. The van der Waals surface area contributed by atoms with Crippen LogP contribution in [0.25, 0.3) is 0 Å². The van der Waals surface area contributed by atoms with Crippen molar-refractivity contribution >= 4 is 11.9 Å². The Bertz CT molecular complexity index is 193. The van der Waals surface area contributed by atoms with Gasteiger partial charge < -0.3 is 15.6 Å². The average molecular weight is 189 g/mol. The van der Waals surface area contributed by atoms with Crippen LogP contribution in [0.3, 0.4) is 0 Å². The van der Waals surface area contributed by atoms with E-state index in [9.17, 15) is 9.59 Å². The number of carbonyl (C=O) groups is 2. The molecular formula is C8H15NO4. The van der Waals surface area contributed by atoms with Crippen molar-refractivity contribution in [1.82, 2.24) is 0 Å². The van der Waals surface area contributed by atoms with Crippen LogP contribution in [0.4, 0.5) is 0 Å². The molecule has 0 rings (SSSR count). The van der Waals surface area contributed by atoms with Crippen molar-refractivity contribution in [2.45, 2.75) is 26.3 Å². The van der Waals surface area contributed by atoms with E-state index in [4.69, 9.17) is 10.8 Å². The molecule has 0 spiro atoms. The molecule has 5 heteroatoms. The zero-order chi connectivity index (χ0) is 10.4. The maximum atomic E-state index is 10.9. The average Bonchev–Trinajstić information content (AvgIpc) is 2.03. The first-order valence-corrected chi connectivity index (χ1v) is 4.13. The summed E-state index contributed by atoms with van der Waals surface area (Å²) < 4.78 is 4.66. The van der Waals surface area contributed by atoms with Gasteiger partial charge in [0.15, 0.2) is 0 Å². The Hall–Kier alpha value is -1.10. The molecule has 0 aliphatic carbocycles. The number of hydrogen-bond acceptors (Lipinski definition) is 4. The number of ether oxygens (including phenoxy) is 1. The summed E-state index contributed by atoms with van der Waals surface area (Å²) in [5.74, 6) is -1.92. The van der Waals surface area contributed by atoms with Gasteiger partial charge in [0.25, 0.3) is 0 Å². The van der Waals surface area contributed by atoms with E-state index in [1.54, 1.807) is 13.8 Å². The molecule has 0 fully saturated rings. The van der Waals surface area contributed by atoms with Crippen molar-refractivity contribution in [3.63, 3.8) is 0 Å². The second kappa shape index (κ2) is 5.53. The first-order chi connectivity index (χ1) is 5.99. The fourth-order valence-corrected chi connectivity index (χ4v) is 0.853. The van der Waals surface area contributed by atoms with Gasteiger partial charge in [-0.1, -0.05) is 6.92 Å². The largest absolute Gasteiger partial charge is 0.480 e. The molecule has 0 aliphatic rings. The van der Waals surface area contributed by atoms with Crippen molar-refractivity contribution in [1.29, 1.82) is 0 Å². The molecule has 0 bridgehead atoms. The summed E-state index contributed by atoms with van der Waals surface area (Å²) in [6.07, 6.45) is 0.0430. The van der Waals surface area contributed by atoms with Crippen LogP contribution in [0.2, 0.25) is 0 Å². The predicted octanol–water partition coefficient (Wildman–Crippen LogP) is -0.0124. The Kier molecular flexibility index (Phi) is 5.06. The van der Waals surface area contributed by atoms with E-state index in [1.807, 2.05) is 0 Å². The maximum absolute atomic E-state index is 10.9. The molecule has 0 aromatic carbocycles. The minimum absolute atomic E-state index is 0.0430. The monoisotopic (exact) mass is 189 g/mol. The van der Waals surface area contributed by atoms with Crippen molar-refractivity contribution in [2.24, 2.45) is 11.7 Å². The van der Waals surface area contributed by atoms with Crippen LogP contribution in [0.1, 0.15) is 20.3 Å². The van der Waals surface area contributed by atoms with Crippen LogP contribution in [0.15, 0.2) is 0 Å². The summed E-state index contributed by atoms with van der Waals surface area (Å²) in [5.41, 5.74) is 5.30. The Morgan fingerprint density at radius 3 is 2.46 bits per heavy atom. The minimum atomic E-state index is -1.10. The normalized spacial score (nSPS) is 14.7. The van der Waals surface area contributed by atoms with Gasteiger partial charge in [0, 0.05) is 0 Å². The lowest BCUT2D eigenvalue weighted by Gasteiger charge is -2.14. The van der Waals surface area contributed by atoms with Crippen molar-refractivity contribution in [3.05, 3.63) is 0 Å². The molecule has 5 nitrogen and oxygen atoms in total. The topological polar surface area (TPSA) is 89.6 Å². The number of carboxylic acid groups (broad SMARTS) is 1. The predicted molar refractivity (Wildman–Crippen MR) is 46.0 cm³/mol. The van der Waals surface area contributed by atoms with Crippen LogP contribution in [0, 0.1) is 5.92 Å². The maximum Gasteiger partial charge on any atom is 0.320 e. The molecule has 0 amide bonds. The van der Waals surface area contributed by atoms with Crippen LogP contribution in [-0.4, -0.2) is 29.7 Å². The third kappa shape index (κ3) is 4.47. The summed E-state index contributed by atoms with van der Waals surface area (Å²) in [4.78, 5) is 21.3. The molecular weight excluding hydrogens is 174 g/mol.